The second-order valence-corrected chi connectivity index (χ2v) is 4.57. The first-order chi connectivity index (χ1) is 8.63. The predicted octanol–water partition coefficient (Wildman–Crippen LogP) is 1.57. The number of hydrogen-bond acceptors (Lipinski definition) is 4. The molecule has 0 radical (unpaired) electrons. The van der Waals surface area contributed by atoms with Gasteiger partial charge in [0.15, 0.2) is 0 Å². The minimum atomic E-state index is -0.511. The number of benzene rings is 1. The van der Waals surface area contributed by atoms with Crippen LogP contribution in [0.2, 0.25) is 0 Å². The first-order valence-electron chi connectivity index (χ1n) is 6.24. The van der Waals surface area contributed by atoms with Crippen molar-refractivity contribution in [1.82, 2.24) is 5.32 Å². The summed E-state index contributed by atoms with van der Waals surface area (Å²) < 4.78 is 10.7. The molecule has 0 saturated carbocycles. The van der Waals surface area contributed by atoms with Crippen molar-refractivity contribution in [2.24, 2.45) is 0 Å². The summed E-state index contributed by atoms with van der Waals surface area (Å²) in [4.78, 5) is 0. The molecule has 1 atom stereocenters. The third-order valence-corrected chi connectivity index (χ3v) is 2.47. The van der Waals surface area contributed by atoms with Crippen LogP contribution in [0.25, 0.3) is 0 Å². The number of aliphatic hydroxyl groups excluding tert-OH is 1. The Bertz CT molecular complexity index is 342. The number of nitrogens with one attached hydrogen (secondary N) is 1. The number of methoxy groups -OCH3 is 1. The molecule has 1 unspecified atom stereocenters. The van der Waals surface area contributed by atoms with Gasteiger partial charge in [-0.2, -0.15) is 0 Å². The number of hydrogen-bond donors (Lipinski definition) is 2. The van der Waals surface area contributed by atoms with E-state index in [-0.39, 0.29) is 6.61 Å². The van der Waals surface area contributed by atoms with Gasteiger partial charge in [0, 0.05) is 25.3 Å². The fraction of sp³-hybridized carbons (Fsp3) is 0.571. The van der Waals surface area contributed by atoms with Gasteiger partial charge < -0.3 is 19.9 Å². The van der Waals surface area contributed by atoms with E-state index in [0.29, 0.717) is 19.2 Å². The van der Waals surface area contributed by atoms with Crippen LogP contribution in [0.5, 0.6) is 5.75 Å². The van der Waals surface area contributed by atoms with Gasteiger partial charge in [-0.25, -0.2) is 0 Å². The number of para-hydroxylation sites is 1. The van der Waals surface area contributed by atoms with Gasteiger partial charge in [0.05, 0.1) is 6.61 Å². The van der Waals surface area contributed by atoms with Crippen molar-refractivity contribution in [3.63, 3.8) is 0 Å². The Balaban J connectivity index is 2.42. The molecule has 0 aromatic heterocycles. The molecule has 0 aliphatic carbocycles. The minimum absolute atomic E-state index is 0.278. The van der Waals surface area contributed by atoms with Gasteiger partial charge in [-0.15, -0.1) is 0 Å². The molecule has 0 aliphatic rings. The maximum Gasteiger partial charge on any atom is 0.124 e. The first kappa shape index (κ1) is 15.0. The Hall–Kier alpha value is -1.10. The second kappa shape index (κ2) is 8.08. The highest BCUT2D eigenvalue weighted by Crippen LogP contribution is 2.18. The van der Waals surface area contributed by atoms with E-state index in [4.69, 9.17) is 9.47 Å². The van der Waals surface area contributed by atoms with Gasteiger partial charge in [-0.1, -0.05) is 32.0 Å². The zero-order valence-corrected chi connectivity index (χ0v) is 11.3. The van der Waals surface area contributed by atoms with Crippen LogP contribution in [0.15, 0.2) is 24.3 Å². The number of aliphatic hydroxyl groups is 1. The van der Waals surface area contributed by atoms with Crippen molar-refractivity contribution in [2.75, 3.05) is 20.3 Å². The summed E-state index contributed by atoms with van der Waals surface area (Å²) >= 11 is 0. The molecule has 0 saturated heterocycles. The number of rotatable bonds is 8. The van der Waals surface area contributed by atoms with E-state index in [1.807, 2.05) is 38.1 Å². The lowest BCUT2D eigenvalue weighted by molar-refractivity contribution is 0.102. The Morgan fingerprint density at radius 3 is 2.67 bits per heavy atom. The van der Waals surface area contributed by atoms with Crippen LogP contribution in [-0.4, -0.2) is 37.5 Å². The summed E-state index contributed by atoms with van der Waals surface area (Å²) in [5, 5.41) is 12.9. The van der Waals surface area contributed by atoms with Gasteiger partial charge in [-0.3, -0.25) is 0 Å². The van der Waals surface area contributed by atoms with Crippen LogP contribution < -0.4 is 10.1 Å². The average Bonchev–Trinajstić information content (AvgIpc) is 2.35. The minimum Gasteiger partial charge on any atom is -0.490 e. The van der Waals surface area contributed by atoms with Gasteiger partial charge in [0.25, 0.3) is 0 Å². The van der Waals surface area contributed by atoms with E-state index in [2.05, 4.69) is 5.32 Å². The summed E-state index contributed by atoms with van der Waals surface area (Å²) in [7, 11) is 1.65. The van der Waals surface area contributed by atoms with Crippen LogP contribution in [-0.2, 0) is 11.3 Å². The topological polar surface area (TPSA) is 50.7 Å². The van der Waals surface area contributed by atoms with E-state index >= 15 is 0 Å². The lowest BCUT2D eigenvalue weighted by atomic mass is 10.2. The van der Waals surface area contributed by atoms with Gasteiger partial charge in [0.1, 0.15) is 18.5 Å². The molecule has 0 aliphatic heterocycles. The van der Waals surface area contributed by atoms with Gasteiger partial charge >= 0.3 is 0 Å². The number of ether oxygens (including phenoxy) is 2. The third kappa shape index (κ3) is 5.49. The highest BCUT2D eigenvalue weighted by molar-refractivity contribution is 5.32. The zero-order chi connectivity index (χ0) is 13.4. The molecule has 0 fully saturated rings. The molecule has 102 valence electrons. The maximum atomic E-state index is 9.76. The molecule has 18 heavy (non-hydrogen) atoms. The summed E-state index contributed by atoms with van der Waals surface area (Å²) in [5.41, 5.74) is 0.990. The van der Waals surface area contributed by atoms with Crippen LogP contribution >= 0.6 is 0 Å². The Morgan fingerprint density at radius 2 is 2.00 bits per heavy atom. The maximum absolute atomic E-state index is 9.76. The van der Waals surface area contributed by atoms with E-state index < -0.39 is 6.10 Å². The molecule has 1 aromatic carbocycles. The average molecular weight is 253 g/mol. The third-order valence-electron chi connectivity index (χ3n) is 2.47. The van der Waals surface area contributed by atoms with Gasteiger partial charge in [0.2, 0.25) is 0 Å². The molecule has 0 heterocycles. The normalized spacial score (nSPS) is 12.7. The van der Waals surface area contributed by atoms with Crippen LogP contribution in [0.4, 0.5) is 0 Å². The van der Waals surface area contributed by atoms with Crippen LogP contribution in [0.3, 0.4) is 0 Å². The molecule has 4 heteroatoms. The molecular weight excluding hydrogens is 230 g/mol. The summed E-state index contributed by atoms with van der Waals surface area (Å²) in [5.74, 6) is 0.767. The summed E-state index contributed by atoms with van der Waals surface area (Å²) in [6, 6.07) is 8.06. The fourth-order valence-corrected chi connectivity index (χ4v) is 1.54. The van der Waals surface area contributed by atoms with Crippen LogP contribution in [0, 0.1) is 0 Å². The Morgan fingerprint density at radius 1 is 1.28 bits per heavy atom. The second-order valence-electron chi connectivity index (χ2n) is 4.57. The SMILES string of the molecule is COCc1ccccc1OCC(O)CNC(C)C. The highest BCUT2D eigenvalue weighted by atomic mass is 16.5. The monoisotopic (exact) mass is 253 g/mol. The molecule has 1 aromatic rings. The summed E-state index contributed by atoms with van der Waals surface area (Å²) in [6.07, 6.45) is -0.511. The van der Waals surface area contributed by atoms with E-state index in [0.717, 1.165) is 11.3 Å². The van der Waals surface area contributed by atoms with Crippen molar-refractivity contribution < 1.29 is 14.6 Å². The molecule has 2 N–H and O–H groups in total. The molecule has 0 amide bonds. The molecular formula is C14H23NO3. The smallest absolute Gasteiger partial charge is 0.124 e. The quantitative estimate of drug-likeness (QED) is 0.738. The summed E-state index contributed by atoms with van der Waals surface area (Å²) in [6.45, 7) is 5.41. The molecule has 4 nitrogen and oxygen atoms in total. The van der Waals surface area contributed by atoms with Crippen molar-refractivity contribution in [3.8, 4) is 5.75 Å². The van der Waals surface area contributed by atoms with Crippen molar-refractivity contribution in [2.45, 2.75) is 32.6 Å². The highest BCUT2D eigenvalue weighted by Gasteiger charge is 2.08. The van der Waals surface area contributed by atoms with E-state index in [9.17, 15) is 5.11 Å². The lowest BCUT2D eigenvalue weighted by Crippen LogP contribution is -2.35. The Kier molecular flexibility index (Phi) is 6.72. The molecule has 1 rings (SSSR count). The zero-order valence-electron chi connectivity index (χ0n) is 11.3. The molecule has 0 spiro atoms. The standard InChI is InChI=1S/C14H23NO3/c1-11(2)15-8-13(16)10-18-14-7-5-4-6-12(14)9-17-3/h4-7,11,13,15-16H,8-10H2,1-3H3. The van der Waals surface area contributed by atoms with Crippen molar-refractivity contribution in [1.29, 1.82) is 0 Å². The first-order valence-corrected chi connectivity index (χ1v) is 6.24. The van der Waals surface area contributed by atoms with Crippen molar-refractivity contribution in [3.05, 3.63) is 29.8 Å². The Labute approximate surface area is 109 Å². The van der Waals surface area contributed by atoms with E-state index in [1.165, 1.54) is 0 Å². The van der Waals surface area contributed by atoms with Gasteiger partial charge in [-0.05, 0) is 6.07 Å². The van der Waals surface area contributed by atoms with E-state index in [1.54, 1.807) is 7.11 Å². The molecule has 0 bridgehead atoms. The fourth-order valence-electron chi connectivity index (χ4n) is 1.54. The van der Waals surface area contributed by atoms with Crippen LogP contribution in [0.1, 0.15) is 19.4 Å². The predicted molar refractivity (Wildman–Crippen MR) is 71.8 cm³/mol. The lowest BCUT2D eigenvalue weighted by Gasteiger charge is -2.16. The van der Waals surface area contributed by atoms with Crippen molar-refractivity contribution >= 4 is 0 Å². The largest absolute Gasteiger partial charge is 0.490 e.